The Bertz CT molecular complexity index is 502. The monoisotopic (exact) mass is 403 g/mol. The van der Waals surface area contributed by atoms with E-state index in [1.165, 1.54) is 7.11 Å². The number of carbonyl (C=O) groups excluding carboxylic acids is 3. The lowest BCUT2D eigenvalue weighted by atomic mass is 9.91. The second-order valence-corrected chi connectivity index (χ2v) is 8.66. The third-order valence-electron chi connectivity index (χ3n) is 4.20. The molecule has 1 saturated carbocycles. The molecule has 3 N–H and O–H groups in total. The minimum atomic E-state index is -0.610. The zero-order valence-corrected chi connectivity index (χ0v) is 17.7. The predicted molar refractivity (Wildman–Crippen MR) is 106 cm³/mol. The SMILES string of the molecule is COC(=O)N[C@@H](CCSC)C(=O)NC1CCC(NC(=O)OC(C)(C)C)CC1. The van der Waals surface area contributed by atoms with E-state index in [-0.39, 0.29) is 18.0 Å². The summed E-state index contributed by atoms with van der Waals surface area (Å²) in [5.74, 6) is 0.562. The average Bonchev–Trinajstić information content (AvgIpc) is 2.58. The normalized spacial score (nSPS) is 20.9. The fourth-order valence-corrected chi connectivity index (χ4v) is 3.34. The molecule has 0 saturated heterocycles. The molecular formula is C18H33N3O5S. The van der Waals surface area contributed by atoms with Crippen molar-refractivity contribution in [1.29, 1.82) is 0 Å². The van der Waals surface area contributed by atoms with E-state index in [1.54, 1.807) is 11.8 Å². The van der Waals surface area contributed by atoms with Crippen molar-refractivity contribution in [3.8, 4) is 0 Å². The summed E-state index contributed by atoms with van der Waals surface area (Å²) in [6, 6.07) is -0.526. The first-order chi connectivity index (χ1) is 12.6. The molecule has 0 heterocycles. The molecule has 0 unspecified atom stereocenters. The van der Waals surface area contributed by atoms with E-state index in [1.807, 2.05) is 27.0 Å². The second-order valence-electron chi connectivity index (χ2n) is 7.67. The van der Waals surface area contributed by atoms with E-state index in [0.717, 1.165) is 31.4 Å². The number of thioether (sulfide) groups is 1. The maximum atomic E-state index is 12.5. The lowest BCUT2D eigenvalue weighted by Gasteiger charge is -2.31. The van der Waals surface area contributed by atoms with Crippen LogP contribution in [0, 0.1) is 0 Å². The quantitative estimate of drug-likeness (QED) is 0.603. The summed E-state index contributed by atoms with van der Waals surface area (Å²) in [5.41, 5.74) is -0.520. The van der Waals surface area contributed by atoms with Gasteiger partial charge in [0.25, 0.3) is 0 Å². The van der Waals surface area contributed by atoms with E-state index < -0.39 is 23.8 Å². The number of amides is 3. The summed E-state index contributed by atoms with van der Waals surface area (Å²) in [6.45, 7) is 5.48. The van der Waals surface area contributed by atoms with Crippen LogP contribution in [0.15, 0.2) is 0 Å². The lowest BCUT2D eigenvalue weighted by molar-refractivity contribution is -0.124. The minimum Gasteiger partial charge on any atom is -0.453 e. The summed E-state index contributed by atoms with van der Waals surface area (Å²) in [6.07, 6.45) is 4.54. The Balaban J connectivity index is 2.43. The lowest BCUT2D eigenvalue weighted by Crippen LogP contribution is -2.51. The summed E-state index contributed by atoms with van der Waals surface area (Å²) in [5, 5.41) is 8.48. The number of alkyl carbamates (subject to hydrolysis) is 2. The molecule has 1 rings (SSSR count). The first kappa shape index (κ1) is 23.4. The number of methoxy groups -OCH3 is 1. The zero-order valence-electron chi connectivity index (χ0n) is 16.9. The molecule has 0 radical (unpaired) electrons. The maximum Gasteiger partial charge on any atom is 0.407 e. The minimum absolute atomic E-state index is 0.0328. The highest BCUT2D eigenvalue weighted by atomic mass is 32.2. The van der Waals surface area contributed by atoms with E-state index in [9.17, 15) is 14.4 Å². The van der Waals surface area contributed by atoms with Gasteiger partial charge in [-0.3, -0.25) is 4.79 Å². The first-order valence-electron chi connectivity index (χ1n) is 9.28. The topological polar surface area (TPSA) is 106 Å². The molecule has 0 bridgehead atoms. The Labute approximate surface area is 165 Å². The maximum absolute atomic E-state index is 12.5. The van der Waals surface area contributed by atoms with Gasteiger partial charge in [0.05, 0.1) is 7.11 Å². The highest BCUT2D eigenvalue weighted by molar-refractivity contribution is 7.98. The third-order valence-corrected chi connectivity index (χ3v) is 4.84. The summed E-state index contributed by atoms with van der Waals surface area (Å²) < 4.78 is 9.87. The van der Waals surface area contributed by atoms with Gasteiger partial charge < -0.3 is 25.4 Å². The van der Waals surface area contributed by atoms with Crippen molar-refractivity contribution >= 4 is 29.9 Å². The van der Waals surface area contributed by atoms with Crippen LogP contribution in [0.5, 0.6) is 0 Å². The van der Waals surface area contributed by atoms with Crippen molar-refractivity contribution in [2.45, 2.75) is 76.6 Å². The van der Waals surface area contributed by atoms with E-state index in [4.69, 9.17) is 4.74 Å². The highest BCUT2D eigenvalue weighted by Gasteiger charge is 2.28. The van der Waals surface area contributed by atoms with Crippen LogP contribution in [0.3, 0.4) is 0 Å². The number of hydrogen-bond donors (Lipinski definition) is 3. The van der Waals surface area contributed by atoms with Gasteiger partial charge in [-0.25, -0.2) is 9.59 Å². The Morgan fingerprint density at radius 1 is 1.04 bits per heavy atom. The molecule has 9 heteroatoms. The molecule has 1 aliphatic carbocycles. The number of carbonyl (C=O) groups is 3. The van der Waals surface area contributed by atoms with Crippen LogP contribution >= 0.6 is 11.8 Å². The predicted octanol–water partition coefficient (Wildman–Crippen LogP) is 2.42. The van der Waals surface area contributed by atoms with Gasteiger partial charge in [0.15, 0.2) is 0 Å². The van der Waals surface area contributed by atoms with Crippen molar-refractivity contribution in [3.63, 3.8) is 0 Å². The van der Waals surface area contributed by atoms with E-state index >= 15 is 0 Å². The fourth-order valence-electron chi connectivity index (χ4n) is 2.86. The Hall–Kier alpha value is -1.64. The van der Waals surface area contributed by atoms with Gasteiger partial charge >= 0.3 is 12.2 Å². The van der Waals surface area contributed by atoms with Crippen LogP contribution in [0.25, 0.3) is 0 Å². The van der Waals surface area contributed by atoms with Crippen LogP contribution in [-0.4, -0.2) is 60.9 Å². The molecule has 8 nitrogen and oxygen atoms in total. The summed E-state index contributed by atoms with van der Waals surface area (Å²) >= 11 is 1.61. The molecule has 0 aromatic carbocycles. The van der Waals surface area contributed by atoms with Crippen LogP contribution in [0.4, 0.5) is 9.59 Å². The first-order valence-corrected chi connectivity index (χ1v) is 10.7. The molecule has 1 atom stereocenters. The molecule has 1 aliphatic rings. The fraction of sp³-hybridized carbons (Fsp3) is 0.833. The average molecular weight is 404 g/mol. The van der Waals surface area contributed by atoms with E-state index in [0.29, 0.717) is 6.42 Å². The van der Waals surface area contributed by atoms with Crippen LogP contribution < -0.4 is 16.0 Å². The molecule has 0 aromatic rings. The molecule has 0 spiro atoms. The third kappa shape index (κ3) is 9.74. The number of hydrogen-bond acceptors (Lipinski definition) is 6. The molecule has 156 valence electrons. The van der Waals surface area contributed by atoms with Crippen molar-refractivity contribution in [3.05, 3.63) is 0 Å². The summed E-state index contributed by atoms with van der Waals surface area (Å²) in [7, 11) is 1.28. The number of nitrogens with one attached hydrogen (secondary N) is 3. The van der Waals surface area contributed by atoms with Gasteiger partial charge in [0, 0.05) is 12.1 Å². The van der Waals surface area contributed by atoms with Gasteiger partial charge in [-0.05, 0) is 64.9 Å². The molecule has 1 fully saturated rings. The standard InChI is InChI=1S/C18H33N3O5S/c1-18(2,3)26-17(24)20-13-8-6-12(7-9-13)19-15(22)14(10-11-27-5)21-16(23)25-4/h12-14H,6-11H2,1-5H3,(H,19,22)(H,20,24)(H,21,23)/t12?,13?,14-/m0/s1. The van der Waals surface area contributed by atoms with Gasteiger partial charge in [0.2, 0.25) is 5.91 Å². The smallest absolute Gasteiger partial charge is 0.407 e. The van der Waals surface area contributed by atoms with E-state index in [2.05, 4.69) is 20.7 Å². The Morgan fingerprint density at radius 2 is 1.59 bits per heavy atom. The van der Waals surface area contributed by atoms with Crippen LogP contribution in [0.2, 0.25) is 0 Å². The van der Waals surface area contributed by atoms with Gasteiger partial charge in [-0.2, -0.15) is 11.8 Å². The van der Waals surface area contributed by atoms with Crippen molar-refractivity contribution in [1.82, 2.24) is 16.0 Å². The molecule has 0 aromatic heterocycles. The van der Waals surface area contributed by atoms with Crippen LogP contribution in [0.1, 0.15) is 52.9 Å². The molecule has 27 heavy (non-hydrogen) atoms. The van der Waals surface area contributed by atoms with Gasteiger partial charge in [-0.1, -0.05) is 0 Å². The number of rotatable bonds is 7. The van der Waals surface area contributed by atoms with Gasteiger partial charge in [0.1, 0.15) is 11.6 Å². The zero-order chi connectivity index (χ0) is 20.4. The van der Waals surface area contributed by atoms with Crippen molar-refractivity contribution in [2.75, 3.05) is 19.1 Å². The second kappa shape index (κ2) is 11.3. The largest absolute Gasteiger partial charge is 0.453 e. The Morgan fingerprint density at radius 3 is 2.07 bits per heavy atom. The van der Waals surface area contributed by atoms with Crippen LogP contribution in [-0.2, 0) is 14.3 Å². The highest BCUT2D eigenvalue weighted by Crippen LogP contribution is 2.19. The molecule has 0 aliphatic heterocycles. The molecular weight excluding hydrogens is 370 g/mol. The van der Waals surface area contributed by atoms with Gasteiger partial charge in [-0.15, -0.1) is 0 Å². The van der Waals surface area contributed by atoms with Crippen molar-refractivity contribution in [2.24, 2.45) is 0 Å². The van der Waals surface area contributed by atoms with Crippen molar-refractivity contribution < 1.29 is 23.9 Å². The number of ether oxygens (including phenoxy) is 2. The molecule has 3 amide bonds. The Kier molecular flexibility index (Phi) is 9.76. The summed E-state index contributed by atoms with van der Waals surface area (Å²) in [4.78, 5) is 35.8.